The van der Waals surface area contributed by atoms with E-state index in [-0.39, 0.29) is 24.3 Å². The predicted octanol–water partition coefficient (Wildman–Crippen LogP) is 0.860. The van der Waals surface area contributed by atoms with Crippen LogP contribution >= 0.6 is 0 Å². The van der Waals surface area contributed by atoms with Gasteiger partial charge in [0.2, 0.25) is 11.8 Å². The Morgan fingerprint density at radius 2 is 2.15 bits per heavy atom. The van der Waals surface area contributed by atoms with Crippen LogP contribution in [-0.2, 0) is 23.1 Å². The summed E-state index contributed by atoms with van der Waals surface area (Å²) in [5.74, 6) is -0.0292. The van der Waals surface area contributed by atoms with Crippen LogP contribution in [0.25, 0.3) is 0 Å². The molecule has 6 heteroatoms. The molecule has 1 aliphatic heterocycles. The fraction of sp³-hybridized carbons (Fsp3) is 0.643. The second-order valence-electron chi connectivity index (χ2n) is 5.34. The van der Waals surface area contributed by atoms with Crippen molar-refractivity contribution < 1.29 is 9.59 Å². The van der Waals surface area contributed by atoms with Crippen molar-refractivity contribution in [2.24, 2.45) is 13.0 Å². The first-order valence-electron chi connectivity index (χ1n) is 7.11. The van der Waals surface area contributed by atoms with Crippen LogP contribution in [0.4, 0.5) is 5.69 Å². The Bertz CT molecular complexity index is 523. The number of anilines is 1. The van der Waals surface area contributed by atoms with E-state index in [0.717, 1.165) is 24.2 Å². The smallest absolute Gasteiger partial charge is 0.250 e. The molecular weight excluding hydrogens is 256 g/mol. The molecule has 2 rings (SSSR count). The van der Waals surface area contributed by atoms with Crippen LogP contribution in [0.3, 0.4) is 0 Å². The molecule has 20 heavy (non-hydrogen) atoms. The van der Waals surface area contributed by atoms with Crippen molar-refractivity contribution >= 4 is 17.5 Å². The van der Waals surface area contributed by atoms with E-state index in [1.807, 2.05) is 34.0 Å². The fourth-order valence-electron chi connectivity index (χ4n) is 2.49. The highest BCUT2D eigenvalue weighted by Gasteiger charge is 2.37. The zero-order chi connectivity index (χ0) is 14.9. The molecule has 1 aromatic heterocycles. The molecule has 2 heterocycles. The van der Waals surface area contributed by atoms with E-state index in [9.17, 15) is 9.59 Å². The number of piperazine rings is 1. The van der Waals surface area contributed by atoms with E-state index < -0.39 is 6.04 Å². The summed E-state index contributed by atoms with van der Waals surface area (Å²) in [5, 5.41) is 7.15. The molecule has 0 radical (unpaired) electrons. The van der Waals surface area contributed by atoms with Gasteiger partial charge in [0.15, 0.2) is 0 Å². The maximum Gasteiger partial charge on any atom is 0.250 e. The van der Waals surface area contributed by atoms with Gasteiger partial charge in [-0.15, -0.1) is 0 Å². The largest absolute Gasteiger partial charge is 0.342 e. The van der Waals surface area contributed by atoms with Crippen LogP contribution in [0.15, 0.2) is 6.20 Å². The molecule has 1 N–H and O–H groups in total. The fourth-order valence-corrected chi connectivity index (χ4v) is 2.49. The van der Waals surface area contributed by atoms with Gasteiger partial charge >= 0.3 is 0 Å². The summed E-state index contributed by atoms with van der Waals surface area (Å²) in [6.07, 6.45) is 3.39. The first-order chi connectivity index (χ1) is 9.47. The van der Waals surface area contributed by atoms with Crippen LogP contribution < -0.4 is 10.2 Å². The first kappa shape index (κ1) is 14.6. The minimum atomic E-state index is -0.439. The van der Waals surface area contributed by atoms with Crippen LogP contribution in [0, 0.1) is 5.92 Å². The minimum Gasteiger partial charge on any atom is -0.342 e. The van der Waals surface area contributed by atoms with Gasteiger partial charge in [0, 0.05) is 13.2 Å². The molecule has 1 aromatic rings. The van der Waals surface area contributed by atoms with Gasteiger partial charge < -0.3 is 5.32 Å². The Balaban J connectivity index is 2.34. The second-order valence-corrected chi connectivity index (χ2v) is 5.34. The highest BCUT2D eigenvalue weighted by atomic mass is 16.2. The predicted molar refractivity (Wildman–Crippen MR) is 76.3 cm³/mol. The summed E-state index contributed by atoms with van der Waals surface area (Å²) < 4.78 is 1.69. The van der Waals surface area contributed by atoms with Crippen LogP contribution in [0.5, 0.6) is 0 Å². The number of amides is 2. The number of carbonyl (C=O) groups is 2. The number of nitrogens with zero attached hydrogens (tertiary/aromatic N) is 3. The monoisotopic (exact) mass is 278 g/mol. The molecule has 0 bridgehead atoms. The van der Waals surface area contributed by atoms with Gasteiger partial charge in [0.25, 0.3) is 0 Å². The van der Waals surface area contributed by atoms with Crippen molar-refractivity contribution in [3.05, 3.63) is 11.9 Å². The molecule has 2 unspecified atom stereocenters. The molecule has 1 saturated heterocycles. The summed E-state index contributed by atoms with van der Waals surface area (Å²) in [5.41, 5.74) is 1.60. The van der Waals surface area contributed by atoms with E-state index in [1.165, 1.54) is 0 Å². The van der Waals surface area contributed by atoms with Gasteiger partial charge in [-0.25, -0.2) is 0 Å². The van der Waals surface area contributed by atoms with Crippen LogP contribution in [0.1, 0.15) is 32.9 Å². The third-order valence-electron chi connectivity index (χ3n) is 3.87. The number of aryl methyl sites for hydroxylation is 2. The van der Waals surface area contributed by atoms with Gasteiger partial charge in [0.05, 0.1) is 11.4 Å². The van der Waals surface area contributed by atoms with Gasteiger partial charge in [-0.1, -0.05) is 27.2 Å². The molecule has 0 aliphatic carbocycles. The quantitative estimate of drug-likeness (QED) is 0.888. The van der Waals surface area contributed by atoms with Gasteiger partial charge in [0.1, 0.15) is 12.6 Å². The number of aromatic nitrogens is 2. The lowest BCUT2D eigenvalue weighted by Gasteiger charge is -2.34. The molecule has 0 saturated carbocycles. The molecule has 2 atom stereocenters. The molecule has 110 valence electrons. The molecular formula is C14H22N4O2. The Hall–Kier alpha value is -1.85. The van der Waals surface area contributed by atoms with Crippen molar-refractivity contribution in [2.45, 2.75) is 39.7 Å². The van der Waals surface area contributed by atoms with E-state index in [4.69, 9.17) is 0 Å². The Labute approximate surface area is 119 Å². The molecule has 1 aliphatic rings. The van der Waals surface area contributed by atoms with Crippen molar-refractivity contribution in [3.8, 4) is 0 Å². The molecule has 0 spiro atoms. The van der Waals surface area contributed by atoms with E-state index in [2.05, 4.69) is 10.4 Å². The summed E-state index contributed by atoms with van der Waals surface area (Å²) in [6.45, 7) is 6.07. The van der Waals surface area contributed by atoms with E-state index in [0.29, 0.717) is 0 Å². The standard InChI is InChI=1S/C14H22N4O2/c1-5-9(3)13-14(20)18(8-12(19)15-13)11-7-17(4)16-10(11)6-2/h7,9,13H,5-6,8H2,1-4H3,(H,15,19). The SMILES string of the molecule is CCc1nn(C)cc1N1CC(=O)NC(C(C)CC)C1=O. The zero-order valence-corrected chi connectivity index (χ0v) is 12.5. The average molecular weight is 278 g/mol. The maximum atomic E-state index is 12.6. The molecule has 6 nitrogen and oxygen atoms in total. The third-order valence-corrected chi connectivity index (χ3v) is 3.87. The summed E-state index contributed by atoms with van der Waals surface area (Å²) in [6, 6.07) is -0.439. The lowest BCUT2D eigenvalue weighted by atomic mass is 9.96. The van der Waals surface area contributed by atoms with Gasteiger partial charge in [-0.2, -0.15) is 5.10 Å². The number of hydrogen-bond acceptors (Lipinski definition) is 3. The number of rotatable bonds is 4. The lowest BCUT2D eigenvalue weighted by Crippen LogP contribution is -2.60. The zero-order valence-electron chi connectivity index (χ0n) is 12.5. The average Bonchev–Trinajstić information content (AvgIpc) is 2.81. The Kier molecular flexibility index (Phi) is 4.11. The topological polar surface area (TPSA) is 67.2 Å². The molecule has 2 amide bonds. The minimum absolute atomic E-state index is 0.0401. The van der Waals surface area contributed by atoms with Crippen LogP contribution in [0.2, 0.25) is 0 Å². The normalized spacial score (nSPS) is 21.0. The van der Waals surface area contributed by atoms with Gasteiger partial charge in [-0.05, 0) is 12.3 Å². The van der Waals surface area contributed by atoms with E-state index in [1.54, 1.807) is 9.58 Å². The van der Waals surface area contributed by atoms with Crippen molar-refractivity contribution in [1.29, 1.82) is 0 Å². The number of nitrogens with one attached hydrogen (secondary N) is 1. The summed E-state index contributed by atoms with van der Waals surface area (Å²) >= 11 is 0. The number of hydrogen-bond donors (Lipinski definition) is 1. The Morgan fingerprint density at radius 1 is 1.45 bits per heavy atom. The first-order valence-corrected chi connectivity index (χ1v) is 7.11. The summed E-state index contributed by atoms with van der Waals surface area (Å²) in [7, 11) is 1.82. The van der Waals surface area contributed by atoms with Gasteiger partial charge in [-0.3, -0.25) is 19.2 Å². The maximum absolute atomic E-state index is 12.6. The van der Waals surface area contributed by atoms with Crippen molar-refractivity contribution in [1.82, 2.24) is 15.1 Å². The second kappa shape index (κ2) is 5.64. The summed E-state index contributed by atoms with van der Waals surface area (Å²) in [4.78, 5) is 26.1. The molecule has 0 aromatic carbocycles. The Morgan fingerprint density at radius 3 is 2.75 bits per heavy atom. The van der Waals surface area contributed by atoms with Crippen LogP contribution in [-0.4, -0.2) is 34.2 Å². The van der Waals surface area contributed by atoms with Crippen molar-refractivity contribution in [3.63, 3.8) is 0 Å². The highest BCUT2D eigenvalue weighted by Crippen LogP contribution is 2.24. The molecule has 1 fully saturated rings. The van der Waals surface area contributed by atoms with E-state index >= 15 is 0 Å². The number of carbonyl (C=O) groups excluding carboxylic acids is 2. The lowest BCUT2D eigenvalue weighted by molar-refractivity contribution is -0.132. The van der Waals surface area contributed by atoms with Crippen molar-refractivity contribution in [2.75, 3.05) is 11.4 Å². The highest BCUT2D eigenvalue weighted by molar-refractivity contribution is 6.06. The third kappa shape index (κ3) is 2.55.